The first-order valence-corrected chi connectivity index (χ1v) is 9.09. The van der Waals surface area contributed by atoms with E-state index in [1.807, 2.05) is 0 Å². The average molecular weight is 365 g/mol. The van der Waals surface area contributed by atoms with Crippen LogP contribution in [0.15, 0.2) is 34.1 Å². The minimum absolute atomic E-state index is 0.233. The monoisotopic (exact) mass is 364 g/mol. The maximum Gasteiger partial charge on any atom is 0.0731 e. The molecular formula is C17H21BrN2S. The summed E-state index contributed by atoms with van der Waals surface area (Å²) in [5.74, 6) is 6.45. The number of nitrogens with one attached hydrogen (secondary N) is 1. The van der Waals surface area contributed by atoms with Gasteiger partial charge in [-0.05, 0) is 77.2 Å². The number of benzene rings is 1. The third-order valence-corrected chi connectivity index (χ3v) is 6.69. The Labute approximate surface area is 138 Å². The second-order valence-electron chi connectivity index (χ2n) is 5.85. The van der Waals surface area contributed by atoms with Crippen LogP contribution in [0.2, 0.25) is 0 Å². The first-order chi connectivity index (χ1) is 10.2. The lowest BCUT2D eigenvalue weighted by Crippen LogP contribution is -2.29. The van der Waals surface area contributed by atoms with Crippen LogP contribution in [-0.4, -0.2) is 0 Å². The molecule has 1 aliphatic rings. The molecule has 2 atom stereocenters. The van der Waals surface area contributed by atoms with Crippen molar-refractivity contribution in [1.82, 2.24) is 5.43 Å². The van der Waals surface area contributed by atoms with Crippen LogP contribution in [0.3, 0.4) is 0 Å². The highest BCUT2D eigenvalue weighted by atomic mass is 79.9. The zero-order chi connectivity index (χ0) is 14.8. The van der Waals surface area contributed by atoms with E-state index in [4.69, 9.17) is 5.84 Å². The molecule has 1 heterocycles. The maximum absolute atomic E-state index is 5.84. The van der Waals surface area contributed by atoms with E-state index in [9.17, 15) is 0 Å². The van der Waals surface area contributed by atoms with Crippen molar-refractivity contribution in [3.05, 3.63) is 55.7 Å². The second-order valence-corrected chi connectivity index (χ2v) is 8.25. The van der Waals surface area contributed by atoms with Crippen LogP contribution < -0.4 is 11.3 Å². The number of hydrogen-bond acceptors (Lipinski definition) is 3. The molecule has 0 saturated carbocycles. The fourth-order valence-electron chi connectivity index (χ4n) is 3.31. The van der Waals surface area contributed by atoms with Gasteiger partial charge in [0.05, 0.1) is 9.83 Å². The van der Waals surface area contributed by atoms with Gasteiger partial charge >= 0.3 is 0 Å². The third kappa shape index (κ3) is 3.24. The Morgan fingerprint density at radius 3 is 2.95 bits per heavy atom. The Balaban J connectivity index is 1.82. The van der Waals surface area contributed by atoms with E-state index in [1.54, 1.807) is 11.3 Å². The van der Waals surface area contributed by atoms with Crippen molar-refractivity contribution in [3.8, 4) is 0 Å². The van der Waals surface area contributed by atoms with Gasteiger partial charge in [0, 0.05) is 4.88 Å². The first-order valence-electron chi connectivity index (χ1n) is 7.48. The van der Waals surface area contributed by atoms with E-state index in [2.05, 4.69) is 58.6 Å². The van der Waals surface area contributed by atoms with Gasteiger partial charge in [0.1, 0.15) is 0 Å². The van der Waals surface area contributed by atoms with E-state index in [-0.39, 0.29) is 6.04 Å². The number of thiophene rings is 1. The van der Waals surface area contributed by atoms with Crippen molar-refractivity contribution < 1.29 is 0 Å². The number of hydrazine groups is 1. The molecule has 21 heavy (non-hydrogen) atoms. The van der Waals surface area contributed by atoms with Gasteiger partial charge < -0.3 is 0 Å². The topological polar surface area (TPSA) is 38.0 Å². The van der Waals surface area contributed by atoms with E-state index >= 15 is 0 Å². The Morgan fingerprint density at radius 2 is 2.24 bits per heavy atom. The summed E-state index contributed by atoms with van der Waals surface area (Å²) >= 11 is 5.41. The zero-order valence-electron chi connectivity index (χ0n) is 12.2. The number of halogens is 1. The van der Waals surface area contributed by atoms with Crippen molar-refractivity contribution in [2.24, 2.45) is 5.84 Å². The summed E-state index contributed by atoms with van der Waals surface area (Å²) in [5.41, 5.74) is 7.36. The fraction of sp³-hybridized carbons (Fsp3) is 0.412. The van der Waals surface area contributed by atoms with Gasteiger partial charge in [-0.1, -0.05) is 24.3 Å². The van der Waals surface area contributed by atoms with Crippen molar-refractivity contribution in [1.29, 1.82) is 0 Å². The first kappa shape index (κ1) is 15.2. The Morgan fingerprint density at radius 1 is 1.43 bits per heavy atom. The van der Waals surface area contributed by atoms with Gasteiger partial charge in [0.15, 0.2) is 0 Å². The minimum Gasteiger partial charge on any atom is -0.271 e. The molecule has 0 bridgehead atoms. The molecule has 1 aliphatic carbocycles. The van der Waals surface area contributed by atoms with E-state index in [0.29, 0.717) is 5.92 Å². The molecule has 2 aromatic rings. The summed E-state index contributed by atoms with van der Waals surface area (Å²) in [7, 11) is 0. The third-order valence-electron chi connectivity index (χ3n) is 4.43. The molecule has 0 fully saturated rings. The normalized spacial score (nSPS) is 19.3. The molecule has 0 aliphatic heterocycles. The maximum atomic E-state index is 5.84. The molecule has 3 N–H and O–H groups in total. The molecule has 4 heteroatoms. The Bertz CT molecular complexity index is 604. The smallest absolute Gasteiger partial charge is 0.0731 e. The number of aryl methyl sites for hydroxylation is 2. The standard InChI is InChI=1S/C17H21BrN2S/c1-11-9-16(21-17(11)18)15(20-19)10-13-7-4-6-12-5-2-3-8-14(12)13/h2-3,5,8-9,13,15,20H,4,6-7,10,19H2,1H3. The highest BCUT2D eigenvalue weighted by Gasteiger charge is 2.24. The van der Waals surface area contributed by atoms with Gasteiger partial charge in [0.25, 0.3) is 0 Å². The summed E-state index contributed by atoms with van der Waals surface area (Å²) in [5, 5.41) is 0. The molecule has 2 unspecified atom stereocenters. The van der Waals surface area contributed by atoms with Gasteiger partial charge in [-0.25, -0.2) is 0 Å². The molecule has 1 aromatic carbocycles. The van der Waals surface area contributed by atoms with Gasteiger partial charge in [-0.15, -0.1) is 11.3 Å². The minimum atomic E-state index is 0.233. The number of nitrogens with two attached hydrogens (primary N) is 1. The van der Waals surface area contributed by atoms with Crippen LogP contribution in [0.5, 0.6) is 0 Å². The summed E-state index contributed by atoms with van der Waals surface area (Å²) in [4.78, 5) is 1.32. The van der Waals surface area contributed by atoms with Crippen LogP contribution >= 0.6 is 27.3 Å². The van der Waals surface area contributed by atoms with Gasteiger partial charge in [0.2, 0.25) is 0 Å². The van der Waals surface area contributed by atoms with Crippen molar-refractivity contribution in [2.45, 2.75) is 44.6 Å². The lowest BCUT2D eigenvalue weighted by molar-refractivity contribution is 0.429. The zero-order valence-corrected chi connectivity index (χ0v) is 14.6. The molecule has 3 rings (SSSR count). The van der Waals surface area contributed by atoms with Crippen LogP contribution in [-0.2, 0) is 6.42 Å². The molecule has 0 radical (unpaired) electrons. The highest BCUT2D eigenvalue weighted by molar-refractivity contribution is 9.11. The van der Waals surface area contributed by atoms with Crippen LogP contribution in [0, 0.1) is 6.92 Å². The molecule has 2 nitrogen and oxygen atoms in total. The van der Waals surface area contributed by atoms with E-state index < -0.39 is 0 Å². The summed E-state index contributed by atoms with van der Waals surface area (Å²) in [6, 6.07) is 11.4. The number of rotatable bonds is 4. The predicted molar refractivity (Wildman–Crippen MR) is 93.6 cm³/mol. The van der Waals surface area contributed by atoms with Crippen molar-refractivity contribution >= 4 is 27.3 Å². The molecule has 0 amide bonds. The molecule has 0 saturated heterocycles. The average Bonchev–Trinajstić information content (AvgIpc) is 2.84. The molecular weight excluding hydrogens is 344 g/mol. The fourth-order valence-corrected chi connectivity index (χ4v) is 4.95. The number of hydrogen-bond donors (Lipinski definition) is 2. The molecule has 0 spiro atoms. The largest absolute Gasteiger partial charge is 0.271 e. The highest BCUT2D eigenvalue weighted by Crippen LogP contribution is 2.40. The lowest BCUT2D eigenvalue weighted by atomic mass is 9.79. The summed E-state index contributed by atoms with van der Waals surface area (Å²) in [6.45, 7) is 2.13. The van der Waals surface area contributed by atoms with Gasteiger partial charge in [-0.3, -0.25) is 11.3 Å². The number of fused-ring (bicyclic) bond motifs is 1. The van der Waals surface area contributed by atoms with Crippen LogP contribution in [0.25, 0.3) is 0 Å². The predicted octanol–water partition coefficient (Wildman–Crippen LogP) is 4.83. The van der Waals surface area contributed by atoms with E-state index in [0.717, 1.165) is 6.42 Å². The molecule has 112 valence electrons. The lowest BCUT2D eigenvalue weighted by Gasteiger charge is -2.28. The van der Waals surface area contributed by atoms with Crippen LogP contribution in [0.1, 0.15) is 52.8 Å². The van der Waals surface area contributed by atoms with Crippen molar-refractivity contribution in [3.63, 3.8) is 0 Å². The second kappa shape index (κ2) is 6.61. The van der Waals surface area contributed by atoms with Gasteiger partial charge in [-0.2, -0.15) is 0 Å². The van der Waals surface area contributed by atoms with Crippen LogP contribution in [0.4, 0.5) is 0 Å². The summed E-state index contributed by atoms with van der Waals surface area (Å²) < 4.78 is 1.21. The van der Waals surface area contributed by atoms with Crippen molar-refractivity contribution in [2.75, 3.05) is 0 Å². The molecule has 1 aromatic heterocycles. The Hall–Kier alpha value is -0.680. The summed E-state index contributed by atoms with van der Waals surface area (Å²) in [6.07, 6.45) is 4.84. The van der Waals surface area contributed by atoms with E-state index in [1.165, 1.54) is 44.6 Å². The SMILES string of the molecule is Cc1cc(C(CC2CCCc3ccccc32)NN)sc1Br. The Kier molecular flexibility index (Phi) is 4.79. The quantitative estimate of drug-likeness (QED) is 0.601.